The summed E-state index contributed by atoms with van der Waals surface area (Å²) in [4.78, 5) is 27.9. The molecule has 0 spiro atoms. The Hall–Kier alpha value is -2.08. The highest BCUT2D eigenvalue weighted by Crippen LogP contribution is 2.24. The van der Waals surface area contributed by atoms with Crippen LogP contribution in [0.1, 0.15) is 43.2 Å². The summed E-state index contributed by atoms with van der Waals surface area (Å²) < 4.78 is 0. The summed E-state index contributed by atoms with van der Waals surface area (Å²) in [5.74, 6) is 0.0669. The lowest BCUT2D eigenvalue weighted by Crippen LogP contribution is -3.12. The highest BCUT2D eigenvalue weighted by molar-refractivity contribution is 5.96. The number of benzene rings is 1. The molecule has 1 aromatic carbocycles. The first-order chi connectivity index (χ1) is 13.0. The summed E-state index contributed by atoms with van der Waals surface area (Å²) in [5.41, 5.74) is 3.30. The fourth-order valence-corrected chi connectivity index (χ4v) is 4.03. The van der Waals surface area contributed by atoms with Crippen LogP contribution in [-0.2, 0) is 4.79 Å². The van der Waals surface area contributed by atoms with Crippen LogP contribution < -0.4 is 20.4 Å². The van der Waals surface area contributed by atoms with Gasteiger partial charge in [0.05, 0.1) is 25.7 Å². The van der Waals surface area contributed by atoms with Crippen molar-refractivity contribution in [2.24, 2.45) is 0 Å². The van der Waals surface area contributed by atoms with E-state index in [4.69, 9.17) is 0 Å². The van der Waals surface area contributed by atoms with Gasteiger partial charge in [0.15, 0.2) is 0 Å². The predicted octanol–water partition coefficient (Wildman–Crippen LogP) is 1.17. The molecule has 1 atom stereocenters. The molecule has 2 heterocycles. The molecule has 2 fully saturated rings. The number of hydrogen-bond acceptors (Lipinski definition) is 2. The van der Waals surface area contributed by atoms with E-state index in [1.54, 1.807) is 9.80 Å². The first-order valence-corrected chi connectivity index (χ1v) is 10.3. The van der Waals surface area contributed by atoms with Gasteiger partial charge in [-0.15, -0.1) is 0 Å². The molecule has 3 rings (SSSR count). The summed E-state index contributed by atoms with van der Waals surface area (Å²) in [6, 6.07) is 5.76. The molecule has 2 aliphatic heterocycles. The number of aryl methyl sites for hydroxylation is 2. The van der Waals surface area contributed by atoms with Crippen molar-refractivity contribution in [3.8, 4) is 0 Å². The van der Waals surface area contributed by atoms with E-state index in [9.17, 15) is 9.59 Å². The Morgan fingerprint density at radius 3 is 2.70 bits per heavy atom. The minimum atomic E-state index is -0.164. The zero-order valence-corrected chi connectivity index (χ0v) is 16.6. The summed E-state index contributed by atoms with van der Waals surface area (Å²) in [7, 11) is 0. The molecule has 27 heavy (non-hydrogen) atoms. The van der Waals surface area contributed by atoms with Gasteiger partial charge in [-0.3, -0.25) is 4.79 Å². The largest absolute Gasteiger partial charge is 0.338 e. The fourth-order valence-electron chi connectivity index (χ4n) is 4.03. The molecule has 1 aromatic rings. The van der Waals surface area contributed by atoms with Crippen molar-refractivity contribution in [2.75, 3.05) is 37.6 Å². The fraction of sp³-hybridized carbons (Fsp3) is 0.619. The number of nitrogens with one attached hydrogen (secondary N) is 3. The molecule has 2 aliphatic rings. The van der Waals surface area contributed by atoms with Gasteiger partial charge in [-0.05, 0) is 56.4 Å². The van der Waals surface area contributed by atoms with Crippen LogP contribution in [0, 0.1) is 13.8 Å². The number of carbonyl (C=O) groups is 2. The van der Waals surface area contributed by atoms with Crippen LogP contribution in [0.4, 0.5) is 10.5 Å². The van der Waals surface area contributed by atoms with Gasteiger partial charge in [0.2, 0.25) is 5.91 Å². The van der Waals surface area contributed by atoms with E-state index in [0.717, 1.165) is 18.7 Å². The lowest BCUT2D eigenvalue weighted by molar-refractivity contribution is -0.904. The van der Waals surface area contributed by atoms with Crippen LogP contribution in [0.15, 0.2) is 18.2 Å². The molecule has 3 N–H and O–H groups in total. The average molecular weight is 374 g/mol. The molecular weight excluding hydrogens is 340 g/mol. The van der Waals surface area contributed by atoms with Gasteiger partial charge in [0.25, 0.3) is 0 Å². The third kappa shape index (κ3) is 5.45. The highest BCUT2D eigenvalue weighted by Gasteiger charge is 2.31. The Balaban J connectivity index is 1.39. The molecule has 6 heteroatoms. The second-order valence-corrected chi connectivity index (χ2v) is 7.99. The maximum Gasteiger partial charge on any atom is 0.315 e. The number of urea groups is 1. The maximum absolute atomic E-state index is 12.3. The van der Waals surface area contributed by atoms with Crippen LogP contribution >= 0.6 is 0 Å². The lowest BCUT2D eigenvalue weighted by Gasteiger charge is -2.23. The van der Waals surface area contributed by atoms with Crippen LogP contribution in [0.25, 0.3) is 0 Å². The predicted molar refractivity (Wildman–Crippen MR) is 107 cm³/mol. The molecule has 0 bridgehead atoms. The Bertz CT molecular complexity index is 670. The van der Waals surface area contributed by atoms with Gasteiger partial charge in [-0.25, -0.2) is 4.79 Å². The second kappa shape index (κ2) is 9.22. The number of anilines is 1. The van der Waals surface area contributed by atoms with Crippen molar-refractivity contribution in [1.82, 2.24) is 10.6 Å². The lowest BCUT2D eigenvalue weighted by atomic mass is 10.1. The summed E-state index contributed by atoms with van der Waals surface area (Å²) in [6.07, 6.45) is 5.38. The number of amides is 3. The first-order valence-electron chi connectivity index (χ1n) is 10.3. The molecule has 0 aliphatic carbocycles. The van der Waals surface area contributed by atoms with Crippen molar-refractivity contribution in [3.63, 3.8) is 0 Å². The van der Waals surface area contributed by atoms with E-state index in [-0.39, 0.29) is 18.0 Å². The maximum atomic E-state index is 12.3. The standard InChI is InChI=1S/C21H32N4O2/c1-16-7-8-19(13-17(16)2)25-15-18(14-20(25)26)23-21(27)22-9-6-12-24-10-4-3-5-11-24/h7-8,13,18H,3-6,9-12,14-15H2,1-2H3,(H2,22,23,27)/p+1/t18-/m0/s1. The van der Waals surface area contributed by atoms with Crippen molar-refractivity contribution < 1.29 is 14.5 Å². The number of likely N-dealkylation sites (tertiary alicyclic amines) is 1. The average Bonchev–Trinajstić information content (AvgIpc) is 3.02. The van der Waals surface area contributed by atoms with Crippen LogP contribution in [0.5, 0.6) is 0 Å². The zero-order valence-electron chi connectivity index (χ0n) is 16.6. The second-order valence-electron chi connectivity index (χ2n) is 7.99. The summed E-state index contributed by atoms with van der Waals surface area (Å²) in [6.45, 7) is 9.00. The van der Waals surface area contributed by atoms with Crippen molar-refractivity contribution >= 4 is 17.6 Å². The SMILES string of the molecule is Cc1ccc(N2C[C@@H](NC(=O)NCCC[NH+]3CCCCC3)CC2=O)cc1C. The van der Waals surface area contributed by atoms with E-state index in [1.165, 1.54) is 43.5 Å². The first kappa shape index (κ1) is 19.7. The molecule has 3 amide bonds. The molecule has 0 radical (unpaired) electrons. The minimum absolute atomic E-state index is 0.0669. The minimum Gasteiger partial charge on any atom is -0.338 e. The molecule has 2 saturated heterocycles. The van der Waals surface area contributed by atoms with E-state index in [2.05, 4.69) is 17.6 Å². The number of hydrogen-bond donors (Lipinski definition) is 3. The van der Waals surface area contributed by atoms with Crippen molar-refractivity contribution in [3.05, 3.63) is 29.3 Å². The van der Waals surface area contributed by atoms with Gasteiger partial charge in [0, 0.05) is 31.6 Å². The summed E-state index contributed by atoms with van der Waals surface area (Å²) >= 11 is 0. The van der Waals surface area contributed by atoms with Crippen LogP contribution in [-0.4, -0.2) is 50.7 Å². The van der Waals surface area contributed by atoms with E-state index in [1.807, 2.05) is 25.1 Å². The molecule has 0 saturated carbocycles. The Morgan fingerprint density at radius 2 is 1.96 bits per heavy atom. The third-order valence-corrected chi connectivity index (χ3v) is 5.82. The number of quaternary nitrogens is 1. The Kier molecular flexibility index (Phi) is 6.72. The molecule has 6 nitrogen and oxygen atoms in total. The molecule has 0 unspecified atom stereocenters. The van der Waals surface area contributed by atoms with E-state index < -0.39 is 0 Å². The Labute approximate surface area is 162 Å². The topological polar surface area (TPSA) is 65.9 Å². The summed E-state index contributed by atoms with van der Waals surface area (Å²) in [5, 5.41) is 5.90. The number of nitrogens with zero attached hydrogens (tertiary/aromatic N) is 1. The number of carbonyl (C=O) groups excluding carboxylic acids is 2. The van der Waals surface area contributed by atoms with Gasteiger partial charge >= 0.3 is 6.03 Å². The molecular formula is C21H33N4O2+. The van der Waals surface area contributed by atoms with Gasteiger partial charge in [-0.2, -0.15) is 0 Å². The third-order valence-electron chi connectivity index (χ3n) is 5.82. The van der Waals surface area contributed by atoms with Crippen LogP contribution in [0.3, 0.4) is 0 Å². The van der Waals surface area contributed by atoms with E-state index >= 15 is 0 Å². The Morgan fingerprint density at radius 1 is 1.19 bits per heavy atom. The van der Waals surface area contributed by atoms with Gasteiger partial charge in [0.1, 0.15) is 0 Å². The number of piperidine rings is 1. The monoisotopic (exact) mass is 373 g/mol. The van der Waals surface area contributed by atoms with E-state index in [0.29, 0.717) is 19.5 Å². The van der Waals surface area contributed by atoms with Crippen LogP contribution in [0.2, 0.25) is 0 Å². The van der Waals surface area contributed by atoms with Crippen molar-refractivity contribution in [2.45, 2.75) is 52.0 Å². The molecule has 148 valence electrons. The van der Waals surface area contributed by atoms with Gasteiger partial charge in [-0.1, -0.05) is 6.07 Å². The zero-order chi connectivity index (χ0) is 19.2. The highest BCUT2D eigenvalue weighted by atomic mass is 16.2. The molecule has 0 aromatic heterocycles. The van der Waals surface area contributed by atoms with Crippen molar-refractivity contribution in [1.29, 1.82) is 0 Å². The van der Waals surface area contributed by atoms with Gasteiger partial charge < -0.3 is 20.4 Å². The normalized spacial score (nSPS) is 20.7. The quantitative estimate of drug-likeness (QED) is 0.656. The number of rotatable bonds is 6. The smallest absolute Gasteiger partial charge is 0.315 e.